The zero-order chi connectivity index (χ0) is 20.8. The highest BCUT2D eigenvalue weighted by atomic mass is 32.2. The number of anilines is 1. The molecule has 0 spiro atoms. The second-order valence-corrected chi connectivity index (χ2v) is 6.70. The summed E-state index contributed by atoms with van der Waals surface area (Å²) in [5.74, 6) is 6.66. The fraction of sp³-hybridized carbons (Fsp3) is 0.158. The van der Waals surface area contributed by atoms with Crippen LogP contribution in [0.25, 0.3) is 17.1 Å². The zero-order valence-electron chi connectivity index (χ0n) is 15.7. The number of benzene rings is 2. The van der Waals surface area contributed by atoms with Crippen molar-refractivity contribution >= 4 is 23.3 Å². The van der Waals surface area contributed by atoms with E-state index in [1.807, 2.05) is 24.3 Å². The summed E-state index contributed by atoms with van der Waals surface area (Å²) in [6, 6.07) is 14.2. The van der Waals surface area contributed by atoms with Gasteiger partial charge in [0.25, 0.3) is 5.89 Å². The maximum absolute atomic E-state index is 13.4. The molecule has 152 valence electrons. The van der Waals surface area contributed by atoms with E-state index in [1.54, 1.807) is 24.3 Å². The molecule has 0 aliphatic carbocycles. The van der Waals surface area contributed by atoms with Crippen molar-refractivity contribution in [1.82, 2.24) is 10.1 Å². The minimum Gasteiger partial charge on any atom is -0.393 e. The van der Waals surface area contributed by atoms with Crippen LogP contribution in [0.5, 0.6) is 0 Å². The summed E-state index contributed by atoms with van der Waals surface area (Å²) in [5.41, 5.74) is 8.35. The fourth-order valence-electron chi connectivity index (χ4n) is 2.70. The van der Waals surface area contributed by atoms with E-state index in [1.165, 1.54) is 12.1 Å². The summed E-state index contributed by atoms with van der Waals surface area (Å²) in [6.45, 7) is -0.621. The van der Waals surface area contributed by atoms with Crippen LogP contribution in [0.3, 0.4) is 0 Å². The number of aromatic nitrogens is 2. The number of hydrogen-bond acceptors (Lipinski definition) is 9. The molecular weight excluding hydrogens is 395 g/mol. The third-order valence-electron chi connectivity index (χ3n) is 4.16. The van der Waals surface area contributed by atoms with Gasteiger partial charge in [-0.2, -0.15) is 4.98 Å². The maximum atomic E-state index is 13.4. The van der Waals surface area contributed by atoms with Crippen molar-refractivity contribution in [3.05, 3.63) is 65.7 Å². The molecule has 29 heavy (non-hydrogen) atoms. The Balaban J connectivity index is 1.99. The molecule has 0 aliphatic heterocycles. The lowest BCUT2D eigenvalue weighted by Gasteiger charge is -2.24. The molecular formula is C19H21FN6O2S. The smallest absolute Gasteiger partial charge is 0.276 e. The van der Waals surface area contributed by atoms with Crippen LogP contribution >= 0.6 is 11.9 Å². The van der Waals surface area contributed by atoms with Gasteiger partial charge in [0.05, 0.1) is 18.0 Å². The second kappa shape index (κ2) is 9.52. The predicted octanol–water partition coefficient (Wildman–Crippen LogP) is 2.83. The molecule has 0 aliphatic rings. The van der Waals surface area contributed by atoms with Crippen LogP contribution in [0.1, 0.15) is 11.5 Å². The number of methoxy groups -OCH3 is 1. The van der Waals surface area contributed by atoms with E-state index in [0.717, 1.165) is 22.4 Å². The first kappa shape index (κ1) is 20.8. The first-order chi connectivity index (χ1) is 14.1. The Labute approximate surface area is 171 Å². The normalized spacial score (nSPS) is 12.0. The average Bonchev–Trinajstić information content (AvgIpc) is 3.27. The third-order valence-corrected chi connectivity index (χ3v) is 4.69. The number of ether oxygens (including phenoxy) is 1. The summed E-state index contributed by atoms with van der Waals surface area (Å²) in [4.78, 5) is 5.21. The molecule has 2 aromatic carbocycles. The quantitative estimate of drug-likeness (QED) is 0.288. The molecule has 0 fully saturated rings. The SMILES string of the molecule is COC/C(=C(/N)c1nc(-c2cccc(SN)c2)no1)N(N)c1ccccc1CF. The van der Waals surface area contributed by atoms with Gasteiger partial charge in [0.15, 0.2) is 0 Å². The molecule has 1 heterocycles. The monoisotopic (exact) mass is 416 g/mol. The Kier molecular flexibility index (Phi) is 6.83. The highest BCUT2D eigenvalue weighted by Gasteiger charge is 2.20. The standard InChI is InChI=1S/C19H21FN6O2S/c1-27-11-16(26(22)15-8-3-2-5-13(15)10-20)17(21)19-24-18(25-28-19)12-6-4-7-14(9-12)29-23/h2-9H,10-11,21-23H2,1H3/b17-16-. The minimum absolute atomic E-state index is 0.0555. The van der Waals surface area contributed by atoms with Crippen LogP contribution in [0, 0.1) is 0 Å². The lowest BCUT2D eigenvalue weighted by Crippen LogP contribution is -2.35. The summed E-state index contributed by atoms with van der Waals surface area (Å²) in [6.07, 6.45) is 0. The minimum atomic E-state index is -0.676. The number of rotatable bonds is 8. The molecule has 0 saturated heterocycles. The number of hydrogen-bond donors (Lipinski definition) is 3. The third kappa shape index (κ3) is 4.57. The summed E-state index contributed by atoms with van der Waals surface area (Å²) < 4.78 is 23.9. The fourth-order valence-corrected chi connectivity index (χ4v) is 3.05. The van der Waals surface area contributed by atoms with Gasteiger partial charge in [-0.1, -0.05) is 35.5 Å². The maximum Gasteiger partial charge on any atom is 0.276 e. The van der Waals surface area contributed by atoms with E-state index in [9.17, 15) is 4.39 Å². The van der Waals surface area contributed by atoms with Crippen LogP contribution in [-0.4, -0.2) is 23.9 Å². The van der Waals surface area contributed by atoms with E-state index < -0.39 is 6.67 Å². The molecule has 1 aromatic heterocycles. The molecule has 10 heteroatoms. The van der Waals surface area contributed by atoms with Crippen molar-refractivity contribution < 1.29 is 13.7 Å². The molecule has 0 amide bonds. The first-order valence-corrected chi connectivity index (χ1v) is 9.44. The number of alkyl halides is 1. The molecule has 3 aromatic rings. The van der Waals surface area contributed by atoms with Gasteiger partial charge >= 0.3 is 0 Å². The van der Waals surface area contributed by atoms with Crippen molar-refractivity contribution in [3.63, 3.8) is 0 Å². The Morgan fingerprint density at radius 3 is 2.76 bits per heavy atom. The number of nitrogens with zero attached hydrogens (tertiary/aromatic N) is 3. The summed E-state index contributed by atoms with van der Waals surface area (Å²) >= 11 is 1.12. The highest BCUT2D eigenvalue weighted by Crippen LogP contribution is 2.26. The number of hydrazine groups is 1. The largest absolute Gasteiger partial charge is 0.393 e. The van der Waals surface area contributed by atoms with Crippen LogP contribution in [-0.2, 0) is 11.4 Å². The molecule has 3 rings (SSSR count). The van der Waals surface area contributed by atoms with Crippen LogP contribution in [0.15, 0.2) is 63.6 Å². The van der Waals surface area contributed by atoms with Crippen molar-refractivity contribution in [2.24, 2.45) is 16.7 Å². The van der Waals surface area contributed by atoms with Gasteiger partial charge in [-0.3, -0.25) is 10.1 Å². The van der Waals surface area contributed by atoms with Gasteiger partial charge in [-0.15, -0.1) is 0 Å². The van der Waals surface area contributed by atoms with Crippen LogP contribution in [0.4, 0.5) is 10.1 Å². The predicted molar refractivity (Wildman–Crippen MR) is 111 cm³/mol. The Hall–Kier alpha value is -2.92. The van der Waals surface area contributed by atoms with Gasteiger partial charge in [0.1, 0.15) is 12.4 Å². The Morgan fingerprint density at radius 2 is 2.03 bits per heavy atom. The van der Waals surface area contributed by atoms with Gasteiger partial charge in [-0.05, 0) is 30.1 Å². The molecule has 0 unspecified atom stereocenters. The molecule has 0 saturated carbocycles. The van der Waals surface area contributed by atoms with Crippen molar-refractivity contribution in [3.8, 4) is 11.4 Å². The van der Waals surface area contributed by atoms with E-state index in [4.69, 9.17) is 26.0 Å². The molecule has 0 bridgehead atoms. The zero-order valence-corrected chi connectivity index (χ0v) is 16.5. The molecule has 0 atom stereocenters. The molecule has 6 N–H and O–H groups in total. The van der Waals surface area contributed by atoms with Crippen LogP contribution < -0.4 is 21.7 Å². The lowest BCUT2D eigenvalue weighted by molar-refractivity contribution is 0.223. The summed E-state index contributed by atoms with van der Waals surface area (Å²) in [5, 5.41) is 10.8. The second-order valence-electron chi connectivity index (χ2n) is 5.99. The van der Waals surface area contributed by atoms with E-state index in [2.05, 4.69) is 10.1 Å². The topological polar surface area (TPSA) is 129 Å². The van der Waals surface area contributed by atoms with Gasteiger partial charge in [0, 0.05) is 23.1 Å². The van der Waals surface area contributed by atoms with Crippen molar-refractivity contribution in [1.29, 1.82) is 0 Å². The van der Waals surface area contributed by atoms with Gasteiger partial charge in [-0.25, -0.2) is 10.2 Å². The van der Waals surface area contributed by atoms with E-state index in [0.29, 0.717) is 22.8 Å². The van der Waals surface area contributed by atoms with Crippen molar-refractivity contribution in [2.45, 2.75) is 11.6 Å². The highest BCUT2D eigenvalue weighted by molar-refractivity contribution is 7.97. The first-order valence-electron chi connectivity index (χ1n) is 8.56. The Bertz CT molecular complexity index is 1010. The molecule has 0 radical (unpaired) electrons. The van der Waals surface area contributed by atoms with E-state index >= 15 is 0 Å². The summed E-state index contributed by atoms with van der Waals surface area (Å²) in [7, 11) is 1.50. The van der Waals surface area contributed by atoms with Crippen LogP contribution in [0.2, 0.25) is 0 Å². The van der Waals surface area contributed by atoms with Gasteiger partial charge < -0.3 is 15.0 Å². The number of nitrogens with two attached hydrogens (primary N) is 3. The van der Waals surface area contributed by atoms with E-state index in [-0.39, 0.29) is 18.2 Å². The Morgan fingerprint density at radius 1 is 1.24 bits per heavy atom. The number of halogens is 1. The number of para-hydroxylation sites is 1. The molecule has 8 nitrogen and oxygen atoms in total. The van der Waals surface area contributed by atoms with Crippen molar-refractivity contribution in [2.75, 3.05) is 18.7 Å². The average molecular weight is 416 g/mol. The van der Waals surface area contributed by atoms with Gasteiger partial charge in [0.2, 0.25) is 5.82 Å². The lowest BCUT2D eigenvalue weighted by atomic mass is 10.1.